The maximum absolute atomic E-state index is 13.5. The Bertz CT molecular complexity index is 994. The number of nitrogens with zero attached hydrogens (tertiary/aromatic N) is 4. The fourth-order valence-electron chi connectivity index (χ4n) is 2.78. The fraction of sp³-hybridized carbons (Fsp3) is 0.286. The summed E-state index contributed by atoms with van der Waals surface area (Å²) in [4.78, 5) is 32.7. The predicted octanol–water partition coefficient (Wildman–Crippen LogP) is 4.28. The van der Waals surface area contributed by atoms with E-state index in [9.17, 15) is 9.59 Å². The van der Waals surface area contributed by atoms with Gasteiger partial charge in [-0.25, -0.2) is 0 Å². The number of rotatable bonds is 7. The molecule has 1 aromatic carbocycles. The number of halogens is 1. The van der Waals surface area contributed by atoms with E-state index in [0.717, 1.165) is 18.0 Å². The highest BCUT2D eigenvalue weighted by Gasteiger charge is 2.37. The lowest BCUT2D eigenvalue weighted by Gasteiger charge is -2.33. The summed E-state index contributed by atoms with van der Waals surface area (Å²) < 4.78 is 3.79. The number of anilines is 1. The molecule has 2 aromatic heterocycles. The molecule has 2 heterocycles. The number of nitrogens with one attached hydrogen (secondary N) is 1. The highest BCUT2D eigenvalue weighted by atomic mass is 35.5. The van der Waals surface area contributed by atoms with Gasteiger partial charge in [-0.05, 0) is 68.2 Å². The zero-order valence-electron chi connectivity index (χ0n) is 16.9. The van der Waals surface area contributed by atoms with E-state index in [1.165, 1.54) is 4.90 Å². The Morgan fingerprint density at radius 1 is 1.20 bits per heavy atom. The SMILES string of the molecule is CCC(C)(C)NC(=O)[C@@H](c1ccccn1)N(C(=O)c1csnn1)c1ccc(Cl)cc1. The van der Waals surface area contributed by atoms with Crippen molar-refractivity contribution in [2.45, 2.75) is 38.8 Å². The smallest absolute Gasteiger partial charge is 0.280 e. The largest absolute Gasteiger partial charge is 0.349 e. The minimum atomic E-state index is -1.01. The molecule has 3 rings (SSSR count). The third kappa shape index (κ3) is 5.01. The number of hydrogen-bond acceptors (Lipinski definition) is 6. The molecule has 0 aliphatic heterocycles. The first-order valence-electron chi connectivity index (χ1n) is 9.41. The van der Waals surface area contributed by atoms with E-state index in [1.54, 1.807) is 54.0 Å². The number of hydrogen-bond donors (Lipinski definition) is 1. The molecule has 7 nitrogen and oxygen atoms in total. The van der Waals surface area contributed by atoms with Gasteiger partial charge < -0.3 is 5.32 Å². The first-order valence-corrected chi connectivity index (χ1v) is 10.6. The number of pyridine rings is 1. The van der Waals surface area contributed by atoms with Crippen molar-refractivity contribution in [3.63, 3.8) is 0 Å². The van der Waals surface area contributed by atoms with Crippen molar-refractivity contribution in [3.8, 4) is 0 Å². The monoisotopic (exact) mass is 443 g/mol. The predicted molar refractivity (Wildman–Crippen MR) is 118 cm³/mol. The van der Waals surface area contributed by atoms with Crippen LogP contribution in [0.2, 0.25) is 5.02 Å². The van der Waals surface area contributed by atoms with Gasteiger partial charge in [-0.15, -0.1) is 5.10 Å². The van der Waals surface area contributed by atoms with Crippen molar-refractivity contribution in [2.75, 3.05) is 4.90 Å². The lowest BCUT2D eigenvalue weighted by atomic mass is 10.00. The summed E-state index contributed by atoms with van der Waals surface area (Å²) >= 11 is 7.11. The number of benzene rings is 1. The van der Waals surface area contributed by atoms with E-state index in [1.807, 2.05) is 20.8 Å². The summed E-state index contributed by atoms with van der Waals surface area (Å²) in [7, 11) is 0. The summed E-state index contributed by atoms with van der Waals surface area (Å²) in [5.74, 6) is -0.793. The molecule has 1 N–H and O–H groups in total. The Labute approximate surface area is 184 Å². The Kier molecular flexibility index (Phi) is 6.79. The summed E-state index contributed by atoms with van der Waals surface area (Å²) in [6, 6.07) is 11.0. The maximum atomic E-state index is 13.5. The molecule has 0 aliphatic rings. The van der Waals surface area contributed by atoms with Crippen LogP contribution < -0.4 is 10.2 Å². The second kappa shape index (κ2) is 9.32. The van der Waals surface area contributed by atoms with Gasteiger partial charge in [0.15, 0.2) is 11.7 Å². The number of carbonyl (C=O) groups excluding carboxylic acids is 2. The van der Waals surface area contributed by atoms with Crippen LogP contribution >= 0.6 is 23.1 Å². The van der Waals surface area contributed by atoms with Crippen LogP contribution in [0.4, 0.5) is 5.69 Å². The lowest BCUT2D eigenvalue weighted by Crippen LogP contribution is -2.50. The summed E-state index contributed by atoms with van der Waals surface area (Å²) in [6.45, 7) is 5.84. The molecule has 0 aliphatic carbocycles. The number of carbonyl (C=O) groups is 2. The Balaban J connectivity index is 2.14. The van der Waals surface area contributed by atoms with Crippen molar-refractivity contribution in [1.29, 1.82) is 0 Å². The summed E-state index contributed by atoms with van der Waals surface area (Å²) in [5.41, 5.74) is 0.630. The molecule has 0 saturated heterocycles. The van der Waals surface area contributed by atoms with Crippen molar-refractivity contribution in [1.82, 2.24) is 19.9 Å². The van der Waals surface area contributed by atoms with Gasteiger partial charge in [0.25, 0.3) is 5.91 Å². The van der Waals surface area contributed by atoms with Crippen LogP contribution in [0.5, 0.6) is 0 Å². The summed E-state index contributed by atoms with van der Waals surface area (Å²) in [6.07, 6.45) is 2.31. The minimum absolute atomic E-state index is 0.151. The van der Waals surface area contributed by atoms with E-state index in [2.05, 4.69) is 19.9 Å². The van der Waals surface area contributed by atoms with E-state index in [0.29, 0.717) is 16.4 Å². The van der Waals surface area contributed by atoms with Crippen molar-refractivity contribution >= 4 is 40.6 Å². The minimum Gasteiger partial charge on any atom is -0.349 e. The van der Waals surface area contributed by atoms with Gasteiger partial charge >= 0.3 is 0 Å². The highest BCUT2D eigenvalue weighted by Crippen LogP contribution is 2.30. The molecule has 0 saturated carbocycles. The zero-order valence-corrected chi connectivity index (χ0v) is 18.4. The Hall–Kier alpha value is -2.84. The van der Waals surface area contributed by atoms with Gasteiger partial charge in [-0.2, -0.15) is 0 Å². The summed E-state index contributed by atoms with van der Waals surface area (Å²) in [5, 5.41) is 9.01. The average Bonchev–Trinajstić information content (AvgIpc) is 3.27. The highest BCUT2D eigenvalue weighted by molar-refractivity contribution is 7.03. The van der Waals surface area contributed by atoms with E-state index < -0.39 is 17.5 Å². The molecule has 0 bridgehead atoms. The maximum Gasteiger partial charge on any atom is 0.280 e. The van der Waals surface area contributed by atoms with Gasteiger partial charge in [0, 0.05) is 27.8 Å². The molecule has 30 heavy (non-hydrogen) atoms. The van der Waals surface area contributed by atoms with Crippen molar-refractivity contribution < 1.29 is 9.59 Å². The standard InChI is InChI=1S/C21H22ClN5O2S/c1-4-21(2,3)24-19(28)18(16-7-5-6-12-23-16)27(15-10-8-14(22)9-11-15)20(29)17-13-30-26-25-17/h5-13,18H,4H2,1-3H3,(H,24,28)/t18-/m1/s1. The van der Waals surface area contributed by atoms with Crippen molar-refractivity contribution in [2.24, 2.45) is 0 Å². The third-order valence-electron chi connectivity index (χ3n) is 4.72. The van der Waals surface area contributed by atoms with Gasteiger partial charge in [-0.3, -0.25) is 19.5 Å². The average molecular weight is 444 g/mol. The quantitative estimate of drug-likeness (QED) is 0.588. The zero-order chi connectivity index (χ0) is 21.7. The molecule has 0 radical (unpaired) electrons. The molecule has 3 aromatic rings. The van der Waals surface area contributed by atoms with Crippen LogP contribution in [0.3, 0.4) is 0 Å². The number of amides is 2. The fourth-order valence-corrected chi connectivity index (χ4v) is 3.33. The molecular formula is C21H22ClN5O2S. The van der Waals surface area contributed by atoms with Crippen LogP contribution in [-0.2, 0) is 4.79 Å². The van der Waals surface area contributed by atoms with E-state index >= 15 is 0 Å². The van der Waals surface area contributed by atoms with Crippen LogP contribution in [0.15, 0.2) is 54.0 Å². The van der Waals surface area contributed by atoms with E-state index in [-0.39, 0.29) is 11.6 Å². The number of aromatic nitrogens is 3. The topological polar surface area (TPSA) is 88.1 Å². The second-order valence-electron chi connectivity index (χ2n) is 7.33. The van der Waals surface area contributed by atoms with Crippen LogP contribution in [0, 0.1) is 0 Å². The van der Waals surface area contributed by atoms with Gasteiger partial charge in [0.2, 0.25) is 5.91 Å². The molecule has 1 atom stereocenters. The third-order valence-corrected chi connectivity index (χ3v) is 5.48. The second-order valence-corrected chi connectivity index (χ2v) is 8.37. The van der Waals surface area contributed by atoms with Crippen LogP contribution in [0.25, 0.3) is 0 Å². The molecule has 0 unspecified atom stereocenters. The van der Waals surface area contributed by atoms with Crippen molar-refractivity contribution in [3.05, 3.63) is 70.5 Å². The molecule has 2 amide bonds. The van der Waals surface area contributed by atoms with Gasteiger partial charge in [-0.1, -0.05) is 29.1 Å². The molecule has 0 spiro atoms. The Morgan fingerprint density at radius 3 is 2.50 bits per heavy atom. The van der Waals surface area contributed by atoms with Gasteiger partial charge in [0.1, 0.15) is 0 Å². The molecule has 9 heteroatoms. The first kappa shape index (κ1) is 21.9. The van der Waals surface area contributed by atoms with Crippen LogP contribution in [-0.4, -0.2) is 31.9 Å². The lowest BCUT2D eigenvalue weighted by molar-refractivity contribution is -0.124. The van der Waals surface area contributed by atoms with Crippen LogP contribution in [0.1, 0.15) is 49.4 Å². The molecule has 0 fully saturated rings. The molecular weight excluding hydrogens is 422 g/mol. The Morgan fingerprint density at radius 2 is 1.93 bits per heavy atom. The normalized spacial score (nSPS) is 12.3. The van der Waals surface area contributed by atoms with E-state index in [4.69, 9.17) is 11.6 Å². The first-order chi connectivity index (χ1) is 14.3. The molecule has 156 valence electrons. The van der Waals surface area contributed by atoms with Gasteiger partial charge in [0.05, 0.1) is 5.69 Å².